The molecule has 24 heavy (non-hydrogen) atoms. The first kappa shape index (κ1) is 15.7. The molecular weight excluding hydrogens is 300 g/mol. The van der Waals surface area contributed by atoms with Gasteiger partial charge in [-0.15, -0.1) is 0 Å². The van der Waals surface area contributed by atoms with E-state index in [1.165, 1.54) is 31.2 Å². The molecule has 1 N–H and O–H groups in total. The van der Waals surface area contributed by atoms with Crippen molar-refractivity contribution in [2.75, 3.05) is 11.4 Å². The minimum Gasteiger partial charge on any atom is -0.353 e. The number of hydrogen-bond donors (Lipinski definition) is 1. The molecule has 0 radical (unpaired) electrons. The predicted molar refractivity (Wildman–Crippen MR) is 93.8 cm³/mol. The molecule has 1 aromatic carbocycles. The molecule has 1 atom stereocenters. The highest BCUT2D eigenvalue weighted by Gasteiger charge is 2.44. The van der Waals surface area contributed by atoms with Crippen molar-refractivity contribution >= 4 is 17.5 Å². The SMILES string of the molecule is Cc1cccc(N2C[C@@H](C(=O)NC(C3CC3)C3CC3)CC2=O)c1C. The number of carbonyl (C=O) groups excluding carboxylic acids is 2. The van der Waals surface area contributed by atoms with Crippen molar-refractivity contribution in [1.29, 1.82) is 0 Å². The number of amides is 2. The second-order valence-electron chi connectivity index (χ2n) is 7.83. The molecule has 4 nitrogen and oxygen atoms in total. The lowest BCUT2D eigenvalue weighted by molar-refractivity contribution is -0.127. The Kier molecular flexibility index (Phi) is 3.86. The lowest BCUT2D eigenvalue weighted by Crippen LogP contribution is -2.42. The minimum atomic E-state index is -0.211. The van der Waals surface area contributed by atoms with Gasteiger partial charge in [0.1, 0.15) is 0 Å². The maximum Gasteiger partial charge on any atom is 0.227 e. The fraction of sp³-hybridized carbons (Fsp3) is 0.600. The Morgan fingerprint density at radius 3 is 2.46 bits per heavy atom. The molecule has 0 unspecified atom stereocenters. The molecule has 4 rings (SSSR count). The Labute approximate surface area is 143 Å². The molecule has 3 aliphatic rings. The molecule has 0 aromatic heterocycles. The molecule has 128 valence electrons. The molecule has 0 bridgehead atoms. The second-order valence-corrected chi connectivity index (χ2v) is 7.83. The normalized spacial score (nSPS) is 23.9. The number of nitrogens with zero attached hydrogens (tertiary/aromatic N) is 1. The van der Waals surface area contributed by atoms with Crippen molar-refractivity contribution in [3.05, 3.63) is 29.3 Å². The van der Waals surface area contributed by atoms with Crippen LogP contribution in [0.4, 0.5) is 5.69 Å². The molecule has 2 saturated carbocycles. The molecule has 4 heteroatoms. The monoisotopic (exact) mass is 326 g/mol. The van der Waals surface area contributed by atoms with Crippen LogP contribution in [0.25, 0.3) is 0 Å². The van der Waals surface area contributed by atoms with Gasteiger partial charge in [0.05, 0.1) is 5.92 Å². The summed E-state index contributed by atoms with van der Waals surface area (Å²) < 4.78 is 0. The molecule has 1 heterocycles. The van der Waals surface area contributed by atoms with Gasteiger partial charge < -0.3 is 10.2 Å². The van der Waals surface area contributed by atoms with Gasteiger partial charge in [-0.1, -0.05) is 12.1 Å². The van der Waals surface area contributed by atoms with Gasteiger partial charge in [-0.3, -0.25) is 9.59 Å². The Balaban J connectivity index is 1.45. The van der Waals surface area contributed by atoms with Gasteiger partial charge in [-0.05, 0) is 68.6 Å². The zero-order valence-electron chi connectivity index (χ0n) is 14.5. The third kappa shape index (κ3) is 2.94. The predicted octanol–water partition coefficient (Wildman–Crippen LogP) is 2.96. The smallest absolute Gasteiger partial charge is 0.227 e. The summed E-state index contributed by atoms with van der Waals surface area (Å²) >= 11 is 0. The van der Waals surface area contributed by atoms with Crippen molar-refractivity contribution in [2.45, 2.75) is 52.0 Å². The number of benzene rings is 1. The summed E-state index contributed by atoms with van der Waals surface area (Å²) in [5.41, 5.74) is 3.26. The average Bonchev–Trinajstić information content (AvgIpc) is 3.46. The van der Waals surface area contributed by atoms with Crippen LogP contribution in [0.1, 0.15) is 43.2 Å². The topological polar surface area (TPSA) is 49.4 Å². The summed E-state index contributed by atoms with van der Waals surface area (Å²) in [5.74, 6) is 1.32. The molecule has 0 spiro atoms. The minimum absolute atomic E-state index is 0.0678. The summed E-state index contributed by atoms with van der Waals surface area (Å²) in [7, 11) is 0. The van der Waals surface area contributed by atoms with E-state index in [4.69, 9.17) is 0 Å². The maximum atomic E-state index is 12.7. The highest BCUT2D eigenvalue weighted by Crippen LogP contribution is 2.44. The van der Waals surface area contributed by atoms with Gasteiger partial charge in [-0.2, -0.15) is 0 Å². The highest BCUT2D eigenvalue weighted by molar-refractivity contribution is 6.01. The van der Waals surface area contributed by atoms with Crippen molar-refractivity contribution in [3.63, 3.8) is 0 Å². The summed E-state index contributed by atoms with van der Waals surface area (Å²) in [4.78, 5) is 27.0. The van der Waals surface area contributed by atoms with Crippen molar-refractivity contribution in [2.24, 2.45) is 17.8 Å². The Hall–Kier alpha value is -1.84. The highest BCUT2D eigenvalue weighted by atomic mass is 16.2. The molecule has 1 saturated heterocycles. The molecule has 1 aliphatic heterocycles. The number of carbonyl (C=O) groups is 2. The van der Waals surface area contributed by atoms with Crippen LogP contribution < -0.4 is 10.2 Å². The van der Waals surface area contributed by atoms with Gasteiger partial charge >= 0.3 is 0 Å². The van der Waals surface area contributed by atoms with Gasteiger partial charge in [0.2, 0.25) is 11.8 Å². The van der Waals surface area contributed by atoms with Gasteiger partial charge in [0, 0.05) is 24.7 Å². The van der Waals surface area contributed by atoms with Crippen LogP contribution in [0.5, 0.6) is 0 Å². The van der Waals surface area contributed by atoms with Crippen LogP contribution in [-0.4, -0.2) is 24.4 Å². The van der Waals surface area contributed by atoms with Crippen molar-refractivity contribution in [1.82, 2.24) is 5.32 Å². The van der Waals surface area contributed by atoms with E-state index in [1.54, 1.807) is 4.90 Å². The van der Waals surface area contributed by atoms with E-state index in [9.17, 15) is 9.59 Å². The van der Waals surface area contributed by atoms with Crippen LogP contribution in [0, 0.1) is 31.6 Å². The summed E-state index contributed by atoms with van der Waals surface area (Å²) in [6.45, 7) is 4.61. The van der Waals surface area contributed by atoms with Crippen LogP contribution >= 0.6 is 0 Å². The van der Waals surface area contributed by atoms with Crippen molar-refractivity contribution in [3.8, 4) is 0 Å². The van der Waals surface area contributed by atoms with E-state index < -0.39 is 0 Å². The van der Waals surface area contributed by atoms with Crippen molar-refractivity contribution < 1.29 is 9.59 Å². The standard InChI is InChI=1S/C20H26N2O2/c1-12-4-3-5-17(13(12)2)22-11-16(10-18(22)23)20(24)21-19(14-6-7-14)15-8-9-15/h3-5,14-16,19H,6-11H2,1-2H3,(H,21,24)/t16-/m0/s1. The lowest BCUT2D eigenvalue weighted by Gasteiger charge is -2.22. The molecular formula is C20H26N2O2. The van der Waals surface area contributed by atoms with E-state index in [2.05, 4.69) is 18.3 Å². The fourth-order valence-electron chi connectivity index (χ4n) is 3.96. The summed E-state index contributed by atoms with van der Waals surface area (Å²) in [6.07, 6.45) is 5.33. The number of anilines is 1. The number of hydrogen-bond acceptors (Lipinski definition) is 2. The molecule has 3 fully saturated rings. The first-order valence-corrected chi connectivity index (χ1v) is 9.21. The van der Waals surface area contributed by atoms with Gasteiger partial charge in [0.15, 0.2) is 0 Å². The first-order chi connectivity index (χ1) is 11.5. The van der Waals surface area contributed by atoms with Gasteiger partial charge in [-0.25, -0.2) is 0 Å². The molecule has 2 aliphatic carbocycles. The largest absolute Gasteiger partial charge is 0.353 e. The lowest BCUT2D eigenvalue weighted by atomic mass is 10.0. The number of nitrogens with one attached hydrogen (secondary N) is 1. The Bertz CT molecular complexity index is 664. The molecule has 1 aromatic rings. The second kappa shape index (κ2) is 5.91. The van der Waals surface area contributed by atoms with Crippen LogP contribution in [0.15, 0.2) is 18.2 Å². The summed E-state index contributed by atoms with van der Waals surface area (Å²) in [6, 6.07) is 6.38. The van der Waals surface area contributed by atoms with E-state index in [0.717, 1.165) is 11.3 Å². The quantitative estimate of drug-likeness (QED) is 0.904. The zero-order chi connectivity index (χ0) is 16.8. The third-order valence-corrected chi connectivity index (χ3v) is 5.93. The Morgan fingerprint density at radius 2 is 1.83 bits per heavy atom. The van der Waals surface area contributed by atoms with E-state index in [-0.39, 0.29) is 17.7 Å². The summed E-state index contributed by atoms with van der Waals surface area (Å²) in [5, 5.41) is 3.28. The number of rotatable bonds is 5. The van der Waals surface area contributed by atoms with Crippen LogP contribution in [0.2, 0.25) is 0 Å². The van der Waals surface area contributed by atoms with E-state index in [0.29, 0.717) is 30.8 Å². The fourth-order valence-corrected chi connectivity index (χ4v) is 3.96. The number of aryl methyl sites for hydroxylation is 1. The average molecular weight is 326 g/mol. The Morgan fingerprint density at radius 1 is 1.17 bits per heavy atom. The molecule has 2 amide bonds. The van der Waals surface area contributed by atoms with E-state index >= 15 is 0 Å². The van der Waals surface area contributed by atoms with Crippen LogP contribution in [-0.2, 0) is 9.59 Å². The maximum absolute atomic E-state index is 12.7. The van der Waals surface area contributed by atoms with Crippen LogP contribution in [0.3, 0.4) is 0 Å². The zero-order valence-corrected chi connectivity index (χ0v) is 14.5. The van der Waals surface area contributed by atoms with Gasteiger partial charge in [0.25, 0.3) is 0 Å². The third-order valence-electron chi connectivity index (χ3n) is 5.93. The first-order valence-electron chi connectivity index (χ1n) is 9.21. The van der Waals surface area contributed by atoms with E-state index in [1.807, 2.05) is 19.1 Å².